The highest BCUT2D eigenvalue weighted by molar-refractivity contribution is 8.01. The quantitative estimate of drug-likeness (QED) is 0.390. The van der Waals surface area contributed by atoms with Crippen LogP contribution in [0.2, 0.25) is 0 Å². The van der Waals surface area contributed by atoms with E-state index in [1.165, 1.54) is 0 Å². The Bertz CT molecular complexity index is 120. The molecule has 0 amide bonds. The molecule has 0 aromatic heterocycles. The second-order valence-electron chi connectivity index (χ2n) is 1.83. The Kier molecular flexibility index (Phi) is 1.73. The predicted octanol–water partition coefficient (Wildman–Crippen LogP) is 1.25. The average molecular weight is 128 g/mol. The fourth-order valence-corrected chi connectivity index (χ4v) is 1.60. The van der Waals surface area contributed by atoms with Crippen molar-refractivity contribution in [2.24, 2.45) is 0 Å². The fourth-order valence-electron chi connectivity index (χ4n) is 0.682. The van der Waals surface area contributed by atoms with E-state index in [2.05, 4.69) is 13.0 Å². The van der Waals surface area contributed by atoms with Crippen LogP contribution in [0, 0.1) is 0 Å². The first-order chi connectivity index (χ1) is 3.83. The van der Waals surface area contributed by atoms with Crippen molar-refractivity contribution in [2.75, 3.05) is 0 Å². The zero-order valence-corrected chi connectivity index (χ0v) is 5.52. The summed E-state index contributed by atoms with van der Waals surface area (Å²) in [4.78, 5) is 10.1. The summed E-state index contributed by atoms with van der Waals surface area (Å²) in [6.45, 7) is 2.09. The molecule has 44 valence electrons. The van der Waals surface area contributed by atoms with Crippen LogP contribution < -0.4 is 0 Å². The maximum Gasteiger partial charge on any atom is 0.136 e. The Morgan fingerprint density at radius 2 is 2.38 bits per heavy atom. The molecule has 2 heteroatoms. The molecule has 0 aromatic rings. The molecule has 0 saturated carbocycles. The average Bonchev–Trinajstić information content (AvgIpc) is 2.14. The number of aldehydes is 1. The van der Waals surface area contributed by atoms with E-state index in [-0.39, 0.29) is 5.25 Å². The summed E-state index contributed by atoms with van der Waals surface area (Å²) in [5, 5.41) is 0.662. The van der Waals surface area contributed by atoms with Crippen molar-refractivity contribution >= 4 is 18.0 Å². The van der Waals surface area contributed by atoms with Crippen molar-refractivity contribution < 1.29 is 4.79 Å². The molecule has 1 rings (SSSR count). The van der Waals surface area contributed by atoms with Gasteiger partial charge in [0.1, 0.15) is 6.29 Å². The standard InChI is InChI=1S/C6H8OS/c1-5-2-3-6(4-7)8-5/h2-6H,1H3. The Hall–Kier alpha value is -0.240. The summed E-state index contributed by atoms with van der Waals surface area (Å²) in [7, 11) is 0. The van der Waals surface area contributed by atoms with Gasteiger partial charge in [-0.25, -0.2) is 0 Å². The molecule has 0 fully saturated rings. The first-order valence-corrected chi connectivity index (χ1v) is 3.56. The molecule has 0 saturated heterocycles. The molecule has 0 aromatic carbocycles. The third-order valence-electron chi connectivity index (χ3n) is 1.08. The smallest absolute Gasteiger partial charge is 0.136 e. The third kappa shape index (κ3) is 1.13. The van der Waals surface area contributed by atoms with Crippen molar-refractivity contribution in [3.8, 4) is 0 Å². The predicted molar refractivity (Wildman–Crippen MR) is 36.0 cm³/mol. The third-order valence-corrected chi connectivity index (χ3v) is 2.25. The second kappa shape index (κ2) is 2.35. The van der Waals surface area contributed by atoms with Gasteiger partial charge in [-0.1, -0.05) is 12.2 Å². The second-order valence-corrected chi connectivity index (χ2v) is 3.39. The van der Waals surface area contributed by atoms with Gasteiger partial charge >= 0.3 is 0 Å². The van der Waals surface area contributed by atoms with Crippen molar-refractivity contribution in [3.63, 3.8) is 0 Å². The van der Waals surface area contributed by atoms with Crippen molar-refractivity contribution in [1.82, 2.24) is 0 Å². The van der Waals surface area contributed by atoms with Crippen LogP contribution in [0.25, 0.3) is 0 Å². The van der Waals surface area contributed by atoms with Gasteiger partial charge in [0.2, 0.25) is 0 Å². The SMILES string of the molecule is CC1C=CC(C=O)S1. The summed E-state index contributed by atoms with van der Waals surface area (Å²) in [6, 6.07) is 0. The van der Waals surface area contributed by atoms with E-state index in [1.54, 1.807) is 11.8 Å². The van der Waals surface area contributed by atoms with Gasteiger partial charge in [-0.05, 0) is 6.92 Å². The maximum absolute atomic E-state index is 10.1. The van der Waals surface area contributed by atoms with E-state index in [0.29, 0.717) is 5.25 Å². The monoisotopic (exact) mass is 128 g/mol. The number of rotatable bonds is 1. The van der Waals surface area contributed by atoms with Gasteiger partial charge in [-0.15, -0.1) is 11.8 Å². The molecule has 0 radical (unpaired) electrons. The Morgan fingerprint density at radius 3 is 2.62 bits per heavy atom. The molecule has 1 nitrogen and oxygen atoms in total. The zero-order chi connectivity index (χ0) is 5.98. The molecule has 0 aliphatic carbocycles. The fraction of sp³-hybridized carbons (Fsp3) is 0.500. The Morgan fingerprint density at radius 1 is 1.62 bits per heavy atom. The lowest BCUT2D eigenvalue weighted by atomic mass is 10.3. The van der Waals surface area contributed by atoms with Crippen LogP contribution in [0.4, 0.5) is 0 Å². The van der Waals surface area contributed by atoms with Crippen LogP contribution in [-0.4, -0.2) is 16.8 Å². The highest BCUT2D eigenvalue weighted by atomic mass is 32.2. The number of carbonyl (C=O) groups excluding carboxylic acids is 1. The minimum Gasteiger partial charge on any atom is -0.302 e. The molecule has 1 aliphatic heterocycles. The Balaban J connectivity index is 2.45. The van der Waals surface area contributed by atoms with Crippen LogP contribution in [0.1, 0.15) is 6.92 Å². The Labute approximate surface area is 53.2 Å². The molecule has 2 unspecified atom stereocenters. The van der Waals surface area contributed by atoms with Crippen molar-refractivity contribution in [2.45, 2.75) is 17.4 Å². The van der Waals surface area contributed by atoms with E-state index < -0.39 is 0 Å². The number of hydrogen-bond acceptors (Lipinski definition) is 2. The molecule has 1 heterocycles. The van der Waals surface area contributed by atoms with Crippen LogP contribution in [0.3, 0.4) is 0 Å². The molecule has 0 N–H and O–H groups in total. The first-order valence-electron chi connectivity index (χ1n) is 2.62. The van der Waals surface area contributed by atoms with Crippen molar-refractivity contribution in [3.05, 3.63) is 12.2 Å². The van der Waals surface area contributed by atoms with Crippen LogP contribution in [0.15, 0.2) is 12.2 Å². The lowest BCUT2D eigenvalue weighted by Gasteiger charge is -1.97. The van der Waals surface area contributed by atoms with Gasteiger partial charge in [0, 0.05) is 5.25 Å². The van der Waals surface area contributed by atoms with Gasteiger partial charge in [0.15, 0.2) is 0 Å². The normalized spacial score (nSPS) is 35.6. The van der Waals surface area contributed by atoms with Crippen molar-refractivity contribution in [1.29, 1.82) is 0 Å². The summed E-state index contributed by atoms with van der Waals surface area (Å²) in [5.41, 5.74) is 0. The summed E-state index contributed by atoms with van der Waals surface area (Å²) >= 11 is 1.69. The van der Waals surface area contributed by atoms with Gasteiger partial charge in [0.05, 0.1) is 5.25 Å². The molecule has 2 atom stereocenters. The number of hydrogen-bond donors (Lipinski definition) is 0. The van der Waals surface area contributed by atoms with Crippen LogP contribution in [0.5, 0.6) is 0 Å². The van der Waals surface area contributed by atoms with Gasteiger partial charge in [0.25, 0.3) is 0 Å². The summed E-state index contributed by atoms with van der Waals surface area (Å²) in [5.74, 6) is 0. The molecule has 1 aliphatic rings. The molecular weight excluding hydrogens is 120 g/mol. The highest BCUT2D eigenvalue weighted by Crippen LogP contribution is 2.24. The van der Waals surface area contributed by atoms with E-state index >= 15 is 0 Å². The van der Waals surface area contributed by atoms with E-state index in [9.17, 15) is 4.79 Å². The highest BCUT2D eigenvalue weighted by Gasteiger charge is 2.13. The molecule has 0 bridgehead atoms. The maximum atomic E-state index is 10.1. The summed E-state index contributed by atoms with van der Waals surface area (Å²) in [6.07, 6.45) is 4.98. The van der Waals surface area contributed by atoms with Gasteiger partial charge in [-0.3, -0.25) is 0 Å². The molecule has 8 heavy (non-hydrogen) atoms. The minimum absolute atomic E-state index is 0.130. The lowest BCUT2D eigenvalue weighted by Crippen LogP contribution is -1.95. The van der Waals surface area contributed by atoms with Gasteiger partial charge < -0.3 is 4.79 Å². The van der Waals surface area contributed by atoms with Crippen LogP contribution in [-0.2, 0) is 4.79 Å². The van der Waals surface area contributed by atoms with Crippen LogP contribution >= 0.6 is 11.8 Å². The van der Waals surface area contributed by atoms with Gasteiger partial charge in [-0.2, -0.15) is 0 Å². The zero-order valence-electron chi connectivity index (χ0n) is 4.70. The van der Waals surface area contributed by atoms with E-state index in [0.717, 1.165) is 6.29 Å². The lowest BCUT2D eigenvalue weighted by molar-refractivity contribution is -0.106. The minimum atomic E-state index is 0.130. The number of thioether (sulfide) groups is 1. The van der Waals surface area contributed by atoms with E-state index in [1.807, 2.05) is 6.08 Å². The first kappa shape index (κ1) is 5.89. The summed E-state index contributed by atoms with van der Waals surface area (Å²) < 4.78 is 0. The molecule has 0 spiro atoms. The largest absolute Gasteiger partial charge is 0.302 e. The number of carbonyl (C=O) groups is 1. The topological polar surface area (TPSA) is 17.1 Å². The van der Waals surface area contributed by atoms with E-state index in [4.69, 9.17) is 0 Å². The molecular formula is C6H8OS.